The fraction of sp³-hybridized carbons (Fsp3) is 0.214. The molecular formula is C14H14ClN5S. The zero-order valence-electron chi connectivity index (χ0n) is 11.4. The van der Waals surface area contributed by atoms with Crippen molar-refractivity contribution in [2.75, 3.05) is 0 Å². The van der Waals surface area contributed by atoms with Gasteiger partial charge < -0.3 is 0 Å². The van der Waals surface area contributed by atoms with Crippen molar-refractivity contribution in [1.29, 1.82) is 0 Å². The number of halogens is 1. The van der Waals surface area contributed by atoms with Crippen LogP contribution in [0.4, 0.5) is 0 Å². The molecule has 21 heavy (non-hydrogen) atoms. The third-order valence-corrected chi connectivity index (χ3v) is 3.93. The lowest BCUT2D eigenvalue weighted by atomic mass is 10.0. The molecule has 7 heteroatoms. The van der Waals surface area contributed by atoms with E-state index in [0.717, 1.165) is 22.0 Å². The van der Waals surface area contributed by atoms with Crippen molar-refractivity contribution >= 4 is 23.1 Å². The van der Waals surface area contributed by atoms with Gasteiger partial charge in [0.2, 0.25) is 0 Å². The minimum absolute atomic E-state index is 0.00910. The molecular weight excluding hydrogens is 306 g/mol. The average Bonchev–Trinajstić information content (AvgIpc) is 3.13. The summed E-state index contributed by atoms with van der Waals surface area (Å²) in [6, 6.07) is 9.79. The number of benzene rings is 1. The molecule has 0 saturated carbocycles. The van der Waals surface area contributed by atoms with Crippen LogP contribution in [0.5, 0.6) is 0 Å². The van der Waals surface area contributed by atoms with Gasteiger partial charge in [-0.3, -0.25) is 10.00 Å². The van der Waals surface area contributed by atoms with E-state index in [2.05, 4.69) is 20.0 Å². The summed E-state index contributed by atoms with van der Waals surface area (Å²) in [7, 11) is 1.91. The fourth-order valence-corrected chi connectivity index (χ4v) is 2.68. The number of nitrogens with zero attached hydrogens (tertiary/aromatic N) is 4. The number of aryl methyl sites for hydroxylation is 1. The molecule has 2 heterocycles. The van der Waals surface area contributed by atoms with Crippen LogP contribution in [0.15, 0.2) is 41.9 Å². The predicted octanol–water partition coefficient (Wildman–Crippen LogP) is 2.80. The molecule has 0 bridgehead atoms. The van der Waals surface area contributed by atoms with Crippen molar-refractivity contribution in [3.63, 3.8) is 0 Å². The minimum atomic E-state index is -0.00910. The average molecular weight is 320 g/mol. The summed E-state index contributed by atoms with van der Waals surface area (Å²) < 4.78 is 5.67. The molecule has 1 aromatic carbocycles. The summed E-state index contributed by atoms with van der Waals surface area (Å²) in [6.45, 7) is 0.639. The normalized spacial score (nSPS) is 12.5. The van der Waals surface area contributed by atoms with E-state index in [4.69, 9.17) is 11.6 Å². The highest BCUT2D eigenvalue weighted by Crippen LogP contribution is 2.22. The molecule has 5 nitrogen and oxygen atoms in total. The number of aromatic nitrogens is 4. The maximum atomic E-state index is 5.97. The summed E-state index contributed by atoms with van der Waals surface area (Å²) in [5.74, 6) is 0. The van der Waals surface area contributed by atoms with Gasteiger partial charge >= 0.3 is 0 Å². The van der Waals surface area contributed by atoms with Gasteiger partial charge in [0.1, 0.15) is 0 Å². The third-order valence-electron chi connectivity index (χ3n) is 3.13. The van der Waals surface area contributed by atoms with E-state index in [9.17, 15) is 0 Å². The Balaban J connectivity index is 1.85. The summed E-state index contributed by atoms with van der Waals surface area (Å²) in [4.78, 5) is 0. The molecule has 3 aromatic rings. The van der Waals surface area contributed by atoms with Crippen molar-refractivity contribution in [3.05, 3.63) is 63.9 Å². The summed E-state index contributed by atoms with van der Waals surface area (Å²) in [5, 5.41) is 14.7. The van der Waals surface area contributed by atoms with Gasteiger partial charge in [-0.05, 0) is 35.3 Å². The number of hydrogen-bond acceptors (Lipinski definition) is 5. The second kappa shape index (κ2) is 6.34. The van der Waals surface area contributed by atoms with Crippen molar-refractivity contribution in [1.82, 2.24) is 24.7 Å². The van der Waals surface area contributed by atoms with Gasteiger partial charge in [-0.25, -0.2) is 0 Å². The molecule has 0 spiro atoms. The Morgan fingerprint density at radius 3 is 2.71 bits per heavy atom. The number of rotatable bonds is 5. The Hall–Kier alpha value is -1.76. The van der Waals surface area contributed by atoms with Crippen molar-refractivity contribution < 1.29 is 0 Å². The topological polar surface area (TPSA) is 55.6 Å². The van der Waals surface area contributed by atoms with E-state index < -0.39 is 0 Å². The zero-order chi connectivity index (χ0) is 14.7. The standard InChI is InChI=1S/C14H14ClN5S/c1-20-7-6-13(18-20)14(10-2-4-11(15)5-3-10)16-8-12-9-21-19-17-12/h2-7,9,14,16H,8H2,1H3. The lowest BCUT2D eigenvalue weighted by Gasteiger charge is -2.16. The minimum Gasteiger partial charge on any atom is -0.299 e. The Kier molecular flexibility index (Phi) is 4.28. The van der Waals surface area contributed by atoms with Crippen molar-refractivity contribution in [2.45, 2.75) is 12.6 Å². The van der Waals surface area contributed by atoms with Gasteiger partial charge in [0.05, 0.1) is 17.4 Å². The first-order chi connectivity index (χ1) is 10.2. The van der Waals surface area contributed by atoms with Crippen LogP contribution >= 0.6 is 23.1 Å². The second-order valence-electron chi connectivity index (χ2n) is 4.68. The highest BCUT2D eigenvalue weighted by Gasteiger charge is 2.16. The Morgan fingerprint density at radius 2 is 2.10 bits per heavy atom. The maximum Gasteiger partial charge on any atom is 0.0893 e. The van der Waals surface area contributed by atoms with Crippen LogP contribution < -0.4 is 5.32 Å². The number of nitrogens with one attached hydrogen (secondary N) is 1. The van der Waals surface area contributed by atoms with Crippen LogP contribution in [-0.4, -0.2) is 19.4 Å². The van der Waals surface area contributed by atoms with Gasteiger partial charge in [-0.1, -0.05) is 28.2 Å². The predicted molar refractivity (Wildman–Crippen MR) is 83.3 cm³/mol. The number of hydrogen-bond donors (Lipinski definition) is 1. The SMILES string of the molecule is Cn1ccc(C(NCc2csnn2)c2ccc(Cl)cc2)n1. The highest BCUT2D eigenvalue weighted by molar-refractivity contribution is 7.03. The largest absolute Gasteiger partial charge is 0.299 e. The molecule has 0 saturated heterocycles. The Morgan fingerprint density at radius 1 is 1.29 bits per heavy atom. The van der Waals surface area contributed by atoms with Gasteiger partial charge in [0.25, 0.3) is 0 Å². The van der Waals surface area contributed by atoms with E-state index in [1.165, 1.54) is 11.5 Å². The Labute approximate surface area is 131 Å². The molecule has 1 unspecified atom stereocenters. The lowest BCUT2D eigenvalue weighted by Crippen LogP contribution is -2.23. The fourth-order valence-electron chi connectivity index (χ4n) is 2.10. The van der Waals surface area contributed by atoms with E-state index in [1.807, 2.05) is 49.0 Å². The molecule has 3 rings (SSSR count). The van der Waals surface area contributed by atoms with Crippen LogP contribution in [0.3, 0.4) is 0 Å². The first-order valence-electron chi connectivity index (χ1n) is 6.47. The molecule has 108 valence electrons. The molecule has 0 radical (unpaired) electrons. The summed E-state index contributed by atoms with van der Waals surface area (Å²) in [6.07, 6.45) is 1.93. The van der Waals surface area contributed by atoms with E-state index >= 15 is 0 Å². The van der Waals surface area contributed by atoms with Crippen molar-refractivity contribution in [2.24, 2.45) is 7.05 Å². The monoisotopic (exact) mass is 319 g/mol. The molecule has 0 aliphatic heterocycles. The maximum absolute atomic E-state index is 5.97. The third kappa shape index (κ3) is 3.47. The van der Waals surface area contributed by atoms with Crippen LogP contribution in [0.25, 0.3) is 0 Å². The first kappa shape index (κ1) is 14.2. The molecule has 0 aliphatic rings. The quantitative estimate of drug-likeness (QED) is 0.785. The van der Waals surface area contributed by atoms with Gasteiger partial charge in [-0.2, -0.15) is 5.10 Å². The molecule has 0 amide bonds. The zero-order valence-corrected chi connectivity index (χ0v) is 13.0. The Bertz CT molecular complexity index is 692. The van der Waals surface area contributed by atoms with E-state index in [1.54, 1.807) is 4.68 Å². The van der Waals surface area contributed by atoms with Gasteiger partial charge in [0, 0.05) is 30.2 Å². The molecule has 1 atom stereocenters. The second-order valence-corrected chi connectivity index (χ2v) is 5.72. The van der Waals surface area contributed by atoms with Crippen LogP contribution in [0.1, 0.15) is 23.0 Å². The van der Waals surface area contributed by atoms with E-state index in [-0.39, 0.29) is 6.04 Å². The van der Waals surface area contributed by atoms with E-state index in [0.29, 0.717) is 6.54 Å². The molecule has 0 fully saturated rings. The summed E-state index contributed by atoms with van der Waals surface area (Å²) in [5.41, 5.74) is 3.00. The van der Waals surface area contributed by atoms with Crippen LogP contribution in [0.2, 0.25) is 5.02 Å². The molecule has 2 aromatic heterocycles. The summed E-state index contributed by atoms with van der Waals surface area (Å²) >= 11 is 7.32. The smallest absolute Gasteiger partial charge is 0.0893 e. The molecule has 1 N–H and O–H groups in total. The van der Waals surface area contributed by atoms with Gasteiger partial charge in [0.15, 0.2) is 0 Å². The highest BCUT2D eigenvalue weighted by atomic mass is 35.5. The molecule has 0 aliphatic carbocycles. The van der Waals surface area contributed by atoms with Gasteiger partial charge in [-0.15, -0.1) is 5.10 Å². The first-order valence-corrected chi connectivity index (χ1v) is 7.68. The van der Waals surface area contributed by atoms with Crippen molar-refractivity contribution in [3.8, 4) is 0 Å². The van der Waals surface area contributed by atoms with Crippen LogP contribution in [0, 0.1) is 0 Å². The lowest BCUT2D eigenvalue weighted by molar-refractivity contribution is 0.572. The van der Waals surface area contributed by atoms with Crippen LogP contribution in [-0.2, 0) is 13.6 Å².